The fourth-order valence-corrected chi connectivity index (χ4v) is 16.1. The predicted octanol–water partition coefficient (Wildman–Crippen LogP) is 15.2. The molecule has 0 bridgehead atoms. The highest BCUT2D eigenvalue weighted by atomic mass is 31.2. The average Bonchev–Trinajstić information content (AvgIpc) is 3.46. The van der Waals surface area contributed by atoms with Gasteiger partial charge in [-0.25, -0.2) is 4.57 Å². The lowest BCUT2D eigenvalue weighted by Crippen LogP contribution is -2.66. The normalized spacial score (nSPS) is 31.6. The van der Waals surface area contributed by atoms with Gasteiger partial charge in [0.1, 0.15) is 19.8 Å². The van der Waals surface area contributed by atoms with Crippen LogP contribution in [0, 0.1) is 50.2 Å². The molecule has 0 heterocycles. The number of fused-ring (bicyclic) bond motifs is 7. The fraction of sp³-hybridized carbons (Fsp3) is 0.898. The van der Waals surface area contributed by atoms with E-state index in [1.54, 1.807) is 0 Å². The first-order valence-electron chi connectivity index (χ1n) is 29.6. The third kappa shape index (κ3) is 18.2. The highest BCUT2D eigenvalue weighted by molar-refractivity contribution is 7.47. The molecule has 11 atom stereocenters. The third-order valence-electron chi connectivity index (χ3n) is 19.8. The van der Waals surface area contributed by atoms with Gasteiger partial charge in [0, 0.05) is 32.0 Å². The lowest BCUT2D eigenvalue weighted by Gasteiger charge is -2.70. The molecular weight excluding hydrogens is 1060 g/mol. The Hall–Kier alpha value is -2.57. The second kappa shape index (κ2) is 28.3. The number of halogens is 6. The summed E-state index contributed by atoms with van der Waals surface area (Å²) in [5, 5.41) is 10.3. The smallest absolute Gasteiger partial charge is 0.472 e. The van der Waals surface area contributed by atoms with Crippen molar-refractivity contribution in [1.82, 2.24) is 0 Å². The van der Waals surface area contributed by atoms with Crippen LogP contribution in [-0.4, -0.2) is 97.9 Å². The number of phosphoric ester groups is 1. The highest BCUT2D eigenvalue weighted by Gasteiger charge is 2.70. The topological polar surface area (TPSA) is 181 Å². The summed E-state index contributed by atoms with van der Waals surface area (Å²) < 4.78 is 120. The molecule has 4 fully saturated rings. The molecule has 0 aromatic heterocycles. The number of unbranched alkanes of at least 4 members (excludes halogenated alkanes) is 14. The molecule has 13 nitrogen and oxygen atoms in total. The molecule has 0 aromatic rings. The van der Waals surface area contributed by atoms with Crippen LogP contribution in [0.25, 0.3) is 0 Å². The average molecular weight is 1160 g/mol. The summed E-state index contributed by atoms with van der Waals surface area (Å²) in [5.74, 6) is -2.24. The minimum Gasteiger partial charge on any atom is -0.481 e. The van der Waals surface area contributed by atoms with Crippen LogP contribution in [0.3, 0.4) is 0 Å². The van der Waals surface area contributed by atoms with Crippen molar-refractivity contribution in [1.29, 1.82) is 0 Å². The molecule has 5 aliphatic carbocycles. The Kier molecular flexibility index (Phi) is 24.1. The van der Waals surface area contributed by atoms with Crippen molar-refractivity contribution >= 4 is 31.5 Å². The number of phosphoric acid groups is 1. The number of hydrogen-bond acceptors (Lipinski definition) is 11. The number of ether oxygens (including phenoxy) is 4. The molecule has 0 saturated heterocycles. The van der Waals surface area contributed by atoms with E-state index in [4.69, 9.17) is 18.5 Å². The quantitative estimate of drug-likeness (QED) is 0.0274. The van der Waals surface area contributed by atoms with E-state index in [9.17, 15) is 60.1 Å². The molecule has 0 aromatic carbocycles. The number of hydrogen-bond donors (Lipinski definition) is 2. The number of carbonyl (C=O) groups is 4. The molecule has 79 heavy (non-hydrogen) atoms. The molecule has 0 spiro atoms. The van der Waals surface area contributed by atoms with Gasteiger partial charge >= 0.3 is 38.1 Å². The van der Waals surface area contributed by atoms with Crippen molar-refractivity contribution in [2.45, 2.75) is 246 Å². The monoisotopic (exact) mass is 1160 g/mol. The van der Waals surface area contributed by atoms with Gasteiger partial charge in [-0.2, -0.15) is 26.3 Å². The summed E-state index contributed by atoms with van der Waals surface area (Å²) >= 11 is 0. The number of carbonyl (C=O) groups excluding carboxylic acids is 3. The van der Waals surface area contributed by atoms with Crippen LogP contribution in [0.5, 0.6) is 0 Å². The number of rotatable bonds is 33. The molecule has 2 N–H and O–H groups in total. The number of esters is 2. The van der Waals surface area contributed by atoms with Gasteiger partial charge in [-0.15, -0.1) is 0 Å². The number of aliphatic carboxylic acids is 1. The Morgan fingerprint density at radius 3 is 1.71 bits per heavy atom. The Labute approximate surface area is 466 Å². The van der Waals surface area contributed by atoms with Crippen LogP contribution in [0.15, 0.2) is 11.6 Å². The highest BCUT2D eigenvalue weighted by Crippen LogP contribution is 2.75. The Balaban J connectivity index is 1.14. The molecule has 0 radical (unpaired) electrons. The summed E-state index contributed by atoms with van der Waals surface area (Å²) in [4.78, 5) is 64.8. The zero-order valence-corrected chi connectivity index (χ0v) is 49.3. The van der Waals surface area contributed by atoms with Gasteiger partial charge in [0.2, 0.25) is 0 Å². The van der Waals surface area contributed by atoms with E-state index in [1.165, 1.54) is 0 Å². The van der Waals surface area contributed by atoms with E-state index in [1.807, 2.05) is 26.8 Å². The Morgan fingerprint density at radius 1 is 0.671 bits per heavy atom. The maximum atomic E-state index is 14.9. The molecule has 3 unspecified atom stereocenters. The van der Waals surface area contributed by atoms with Crippen LogP contribution in [0.4, 0.5) is 26.3 Å². The van der Waals surface area contributed by atoms with Crippen LogP contribution < -0.4 is 0 Å². The molecular formula is C59H95F6O13P. The summed E-state index contributed by atoms with van der Waals surface area (Å²) in [5.41, 5.74) is -1.70. The minimum atomic E-state index is -4.83. The van der Waals surface area contributed by atoms with E-state index in [0.29, 0.717) is 51.4 Å². The first kappa shape index (κ1) is 67.2. The van der Waals surface area contributed by atoms with Crippen molar-refractivity contribution in [2.75, 3.05) is 39.6 Å². The van der Waals surface area contributed by atoms with Crippen LogP contribution >= 0.6 is 7.82 Å². The number of carboxylic acid groups (broad SMARTS) is 1. The standard InChI is InChI=1S/C59H95F6O13P/c1-52(2)46-26-29-57(7)50(45(66)36-43-44-37-54(4,51(69)70)31-30-53(44,3)32-33-56(43,57)6)55(46,5)28-27-47(52)78-79(71,72)76-39-42(77-49(68)25-21-17-13-9-11-15-19-23-35-74-41-59(63,64)65)38-75-48(67)24-20-16-12-8-10-14-18-22-34-73-40-58(60,61)62/h36,42,44,46-47,50H,8-35,37-41H2,1-7H3,(H,69,70)(H,71,72)/t42?,44-,46-,47-,50?,53+,54-,55-,56+,57+/m0/s1. The SMILES string of the molecule is CC1(C)[C@@H](OP(=O)(O)OCC(COC(=O)CCCCCCCCCCOCC(F)(F)F)OC(=O)CCCCCCCCCCOCC(F)(F)F)CC[C@]2(C)C3C(=O)C=C4[C@@H]5C[C@@](C)(C(=O)O)CC[C@]5(C)CC[C@@]4(C)[C@]3(C)CC[C@@H]12. The maximum absolute atomic E-state index is 14.9. The lowest BCUT2D eigenvalue weighted by molar-refractivity contribution is -0.201. The van der Waals surface area contributed by atoms with Gasteiger partial charge in [-0.3, -0.25) is 28.2 Å². The summed E-state index contributed by atoms with van der Waals surface area (Å²) in [7, 11) is -4.83. The molecule has 456 valence electrons. The van der Waals surface area contributed by atoms with Crippen molar-refractivity contribution in [2.24, 2.45) is 50.2 Å². The molecule has 5 rings (SSSR count). The molecule has 4 saturated carbocycles. The van der Waals surface area contributed by atoms with E-state index in [2.05, 4.69) is 37.2 Å². The van der Waals surface area contributed by atoms with Gasteiger partial charge in [0.25, 0.3) is 0 Å². The van der Waals surface area contributed by atoms with Gasteiger partial charge in [0.05, 0.1) is 18.1 Å². The summed E-state index contributed by atoms with van der Waals surface area (Å²) in [6.45, 7) is 11.6. The van der Waals surface area contributed by atoms with Gasteiger partial charge in [-0.1, -0.05) is 124 Å². The Bertz CT molecular complexity index is 2100. The minimum absolute atomic E-state index is 0.00829. The van der Waals surface area contributed by atoms with Gasteiger partial charge in [0.15, 0.2) is 11.9 Å². The number of ketones is 1. The summed E-state index contributed by atoms with van der Waals surface area (Å²) in [6, 6.07) is 0. The zero-order chi connectivity index (χ0) is 58.6. The van der Waals surface area contributed by atoms with Crippen molar-refractivity contribution in [3.8, 4) is 0 Å². The second-order valence-electron chi connectivity index (χ2n) is 26.1. The number of alkyl halides is 6. The van der Waals surface area contributed by atoms with E-state index in [-0.39, 0.29) is 60.4 Å². The maximum Gasteiger partial charge on any atom is 0.472 e. The van der Waals surface area contributed by atoms with Crippen molar-refractivity contribution in [3.05, 3.63) is 11.6 Å². The largest absolute Gasteiger partial charge is 0.481 e. The third-order valence-corrected chi connectivity index (χ3v) is 20.8. The molecule has 20 heteroatoms. The second-order valence-corrected chi connectivity index (χ2v) is 27.5. The van der Waals surface area contributed by atoms with Crippen LogP contribution in [0.1, 0.15) is 222 Å². The van der Waals surface area contributed by atoms with E-state index in [0.717, 1.165) is 115 Å². The van der Waals surface area contributed by atoms with Crippen molar-refractivity contribution < 1.29 is 88.1 Å². The first-order valence-corrected chi connectivity index (χ1v) is 31.1. The Morgan fingerprint density at radius 2 is 1.18 bits per heavy atom. The van der Waals surface area contributed by atoms with Gasteiger partial charge < -0.3 is 28.9 Å². The predicted molar refractivity (Wildman–Crippen MR) is 285 cm³/mol. The van der Waals surface area contributed by atoms with Gasteiger partial charge in [-0.05, 0) is 135 Å². The van der Waals surface area contributed by atoms with Crippen LogP contribution in [-0.2, 0) is 51.7 Å². The van der Waals surface area contributed by atoms with Crippen LogP contribution in [0.2, 0.25) is 0 Å². The van der Waals surface area contributed by atoms with E-state index < -0.39 is 98.4 Å². The lowest BCUT2D eigenvalue weighted by atomic mass is 9.33. The molecule has 0 amide bonds. The van der Waals surface area contributed by atoms with E-state index >= 15 is 0 Å². The molecule has 5 aliphatic rings. The fourth-order valence-electron chi connectivity index (χ4n) is 15.0. The number of carboxylic acids is 1. The number of allylic oxidation sites excluding steroid dienone is 2. The van der Waals surface area contributed by atoms with Crippen molar-refractivity contribution in [3.63, 3.8) is 0 Å². The zero-order valence-electron chi connectivity index (χ0n) is 48.4. The molecule has 0 aliphatic heterocycles. The summed E-state index contributed by atoms with van der Waals surface area (Å²) in [6.07, 6.45) is 9.76. The first-order chi connectivity index (χ1) is 36.8.